The van der Waals surface area contributed by atoms with E-state index in [2.05, 4.69) is 26.2 Å². The van der Waals surface area contributed by atoms with E-state index in [-0.39, 0.29) is 19.0 Å². The summed E-state index contributed by atoms with van der Waals surface area (Å²) in [6.45, 7) is 1.98. The number of nitrogen functional groups attached to an aromatic ring is 1. The zero-order valence-electron chi connectivity index (χ0n) is 16.8. The van der Waals surface area contributed by atoms with Gasteiger partial charge in [-0.05, 0) is 52.2 Å². The first kappa shape index (κ1) is 22.3. The highest BCUT2D eigenvalue weighted by Crippen LogP contribution is 2.23. The van der Waals surface area contributed by atoms with Crippen LogP contribution in [0.15, 0.2) is 56.8 Å². The maximum absolute atomic E-state index is 13.0. The molecule has 164 valence electrons. The molecule has 32 heavy (non-hydrogen) atoms. The minimum absolute atomic E-state index is 0.0821. The summed E-state index contributed by atoms with van der Waals surface area (Å²) < 4.78 is 3.16. The van der Waals surface area contributed by atoms with E-state index >= 15 is 0 Å². The summed E-state index contributed by atoms with van der Waals surface area (Å²) >= 11 is 10.5. The summed E-state index contributed by atoms with van der Waals surface area (Å²) in [6.07, 6.45) is 3.04. The van der Waals surface area contributed by atoms with Crippen molar-refractivity contribution in [3.8, 4) is 0 Å². The number of thiazole rings is 1. The Kier molecular flexibility index (Phi) is 6.18. The zero-order chi connectivity index (χ0) is 23.0. The lowest BCUT2D eigenvalue weighted by Gasteiger charge is -2.08. The Morgan fingerprint density at radius 1 is 1.25 bits per heavy atom. The van der Waals surface area contributed by atoms with Crippen molar-refractivity contribution >= 4 is 55.4 Å². The molecule has 11 heteroatoms. The molecule has 3 aromatic heterocycles. The normalized spacial score (nSPS) is 11.1. The summed E-state index contributed by atoms with van der Waals surface area (Å²) in [4.78, 5) is 43.3. The molecule has 0 atom stereocenters. The van der Waals surface area contributed by atoms with Crippen molar-refractivity contribution < 1.29 is 4.79 Å². The number of nitrogens with one attached hydrogen (secondary N) is 1. The number of carbonyl (C=O) groups is 1. The van der Waals surface area contributed by atoms with Crippen LogP contribution in [0, 0.1) is 6.92 Å². The average molecular weight is 535 g/mol. The number of hydrogen-bond acceptors (Lipinski definition) is 6. The van der Waals surface area contributed by atoms with Gasteiger partial charge >= 0.3 is 5.69 Å². The van der Waals surface area contributed by atoms with Crippen LogP contribution in [0.1, 0.15) is 26.4 Å². The number of nitrogens with two attached hydrogens (primary N) is 1. The Balaban J connectivity index is 1.65. The van der Waals surface area contributed by atoms with Crippen molar-refractivity contribution in [1.82, 2.24) is 19.3 Å². The van der Waals surface area contributed by atoms with Gasteiger partial charge in [-0.25, -0.2) is 9.78 Å². The lowest BCUT2D eigenvalue weighted by Crippen LogP contribution is -2.38. The summed E-state index contributed by atoms with van der Waals surface area (Å²) in [5.74, 6) is 0.0436. The van der Waals surface area contributed by atoms with Gasteiger partial charge in [0.15, 0.2) is 0 Å². The molecule has 3 heterocycles. The van der Waals surface area contributed by atoms with E-state index in [1.165, 1.54) is 10.6 Å². The molecule has 0 aliphatic heterocycles. The second kappa shape index (κ2) is 8.89. The van der Waals surface area contributed by atoms with Gasteiger partial charge in [-0.15, -0.1) is 11.3 Å². The lowest BCUT2D eigenvalue weighted by atomic mass is 10.2. The molecule has 1 amide bonds. The Hall–Kier alpha value is -2.95. The van der Waals surface area contributed by atoms with Gasteiger partial charge in [0.05, 0.1) is 11.6 Å². The maximum atomic E-state index is 13.0. The highest BCUT2D eigenvalue weighted by Gasteiger charge is 2.18. The molecule has 1 aromatic carbocycles. The highest BCUT2D eigenvalue weighted by atomic mass is 79.9. The number of amides is 1. The van der Waals surface area contributed by atoms with Crippen LogP contribution in [0.5, 0.6) is 0 Å². The first-order chi connectivity index (χ1) is 15.2. The Labute approximate surface area is 199 Å². The first-order valence-electron chi connectivity index (χ1n) is 9.42. The molecule has 0 unspecified atom stereocenters. The fourth-order valence-electron chi connectivity index (χ4n) is 3.14. The van der Waals surface area contributed by atoms with Gasteiger partial charge < -0.3 is 11.1 Å². The van der Waals surface area contributed by atoms with Crippen LogP contribution in [0.2, 0.25) is 5.02 Å². The Bertz CT molecular complexity index is 1460. The summed E-state index contributed by atoms with van der Waals surface area (Å²) in [7, 11) is 0. The number of halogens is 2. The van der Waals surface area contributed by atoms with Crippen LogP contribution < -0.4 is 22.3 Å². The Morgan fingerprint density at radius 3 is 2.69 bits per heavy atom. The number of benzene rings is 1. The summed E-state index contributed by atoms with van der Waals surface area (Å²) in [5.41, 5.74) is 6.57. The van der Waals surface area contributed by atoms with Crippen LogP contribution in [-0.2, 0) is 13.1 Å². The fourth-order valence-corrected chi connectivity index (χ4v) is 4.69. The van der Waals surface area contributed by atoms with E-state index in [4.69, 9.17) is 17.3 Å². The van der Waals surface area contributed by atoms with E-state index in [1.54, 1.807) is 43.5 Å². The molecule has 4 rings (SSSR count). The van der Waals surface area contributed by atoms with E-state index in [0.717, 1.165) is 27.0 Å². The molecule has 0 saturated carbocycles. The quantitative estimate of drug-likeness (QED) is 0.408. The standard InChI is InChI=1S/C21H17BrClN5O3S/c1-11-19(30)27(9-12-2-4-15(23)14(22)6-12)21(31)28-10-16(32-20(11)28)18(29)26-8-13-3-5-17(24)25-7-13/h2-7,10H,8-9H2,1H3,(H2,24,25)(H,26,29). The molecule has 0 spiro atoms. The molecule has 0 saturated heterocycles. The van der Waals surface area contributed by atoms with Crippen LogP contribution in [-0.4, -0.2) is 19.9 Å². The molecule has 8 nitrogen and oxygen atoms in total. The third kappa shape index (κ3) is 4.34. The van der Waals surface area contributed by atoms with Crippen molar-refractivity contribution in [3.05, 3.63) is 94.6 Å². The third-order valence-corrected chi connectivity index (χ3v) is 7.27. The molecule has 0 aliphatic carbocycles. The monoisotopic (exact) mass is 533 g/mol. The molecular weight excluding hydrogens is 518 g/mol. The van der Waals surface area contributed by atoms with E-state index in [9.17, 15) is 14.4 Å². The van der Waals surface area contributed by atoms with Crippen molar-refractivity contribution in [2.45, 2.75) is 20.0 Å². The number of aryl methyl sites for hydroxylation is 1. The van der Waals surface area contributed by atoms with Crippen molar-refractivity contribution in [1.29, 1.82) is 0 Å². The van der Waals surface area contributed by atoms with Crippen LogP contribution in [0.25, 0.3) is 4.83 Å². The van der Waals surface area contributed by atoms with Gasteiger partial charge in [-0.2, -0.15) is 0 Å². The average Bonchev–Trinajstić information content (AvgIpc) is 3.23. The van der Waals surface area contributed by atoms with E-state index in [1.807, 2.05) is 0 Å². The molecule has 4 aromatic rings. The SMILES string of the molecule is Cc1c(=O)n(Cc2ccc(Cl)c(Br)c2)c(=O)n2cc(C(=O)NCc3ccc(N)nc3)sc12. The first-order valence-corrected chi connectivity index (χ1v) is 11.4. The lowest BCUT2D eigenvalue weighted by molar-refractivity contribution is 0.0954. The second-order valence-electron chi connectivity index (χ2n) is 7.09. The number of hydrogen-bond donors (Lipinski definition) is 2. The number of carbonyl (C=O) groups excluding carboxylic acids is 1. The Morgan fingerprint density at radius 2 is 2.00 bits per heavy atom. The van der Waals surface area contributed by atoms with Crippen molar-refractivity contribution in [3.63, 3.8) is 0 Å². The number of pyridine rings is 1. The number of fused-ring (bicyclic) bond motifs is 1. The third-order valence-electron chi connectivity index (χ3n) is 4.84. The number of aromatic nitrogens is 3. The van der Waals surface area contributed by atoms with Gasteiger partial charge in [0, 0.05) is 29.0 Å². The van der Waals surface area contributed by atoms with Crippen molar-refractivity contribution in [2.24, 2.45) is 0 Å². The number of nitrogens with zero attached hydrogens (tertiary/aromatic N) is 3. The molecule has 0 bridgehead atoms. The minimum atomic E-state index is -0.514. The molecule has 0 fully saturated rings. The van der Waals surface area contributed by atoms with Crippen LogP contribution in [0.4, 0.5) is 5.82 Å². The van der Waals surface area contributed by atoms with E-state index in [0.29, 0.717) is 30.6 Å². The predicted octanol–water partition coefficient (Wildman–Crippen LogP) is 3.20. The van der Waals surface area contributed by atoms with Gasteiger partial charge in [-0.1, -0.05) is 23.7 Å². The summed E-state index contributed by atoms with van der Waals surface area (Å²) in [5, 5.41) is 3.32. The molecule has 0 aliphatic rings. The topological polar surface area (TPSA) is 111 Å². The van der Waals surface area contributed by atoms with E-state index < -0.39 is 11.2 Å². The molecule has 3 N–H and O–H groups in total. The number of rotatable bonds is 5. The molecule has 0 radical (unpaired) electrons. The van der Waals surface area contributed by atoms with Crippen molar-refractivity contribution in [2.75, 3.05) is 5.73 Å². The van der Waals surface area contributed by atoms with Gasteiger partial charge in [-0.3, -0.25) is 18.6 Å². The highest BCUT2D eigenvalue weighted by molar-refractivity contribution is 9.10. The smallest absolute Gasteiger partial charge is 0.336 e. The summed E-state index contributed by atoms with van der Waals surface area (Å²) in [6, 6.07) is 8.62. The van der Waals surface area contributed by atoms with Crippen LogP contribution in [0.3, 0.4) is 0 Å². The van der Waals surface area contributed by atoms with Gasteiger partial charge in [0.1, 0.15) is 15.5 Å². The predicted molar refractivity (Wildman–Crippen MR) is 129 cm³/mol. The van der Waals surface area contributed by atoms with Gasteiger partial charge in [0.25, 0.3) is 11.5 Å². The largest absolute Gasteiger partial charge is 0.384 e. The van der Waals surface area contributed by atoms with Gasteiger partial charge in [0.2, 0.25) is 0 Å². The molecular formula is C21H17BrClN5O3S. The zero-order valence-corrected chi connectivity index (χ0v) is 19.9. The second-order valence-corrected chi connectivity index (χ2v) is 9.38. The maximum Gasteiger partial charge on any atom is 0.336 e. The minimum Gasteiger partial charge on any atom is -0.384 e. The van der Waals surface area contributed by atoms with Crippen LogP contribution >= 0.6 is 38.9 Å². The number of anilines is 1. The fraction of sp³-hybridized carbons (Fsp3) is 0.143.